The third-order valence-corrected chi connectivity index (χ3v) is 3.35. The van der Waals surface area contributed by atoms with Crippen molar-refractivity contribution in [2.75, 3.05) is 4.90 Å². The number of anilines is 1. The molecule has 0 amide bonds. The Balaban J connectivity index is 2.09. The van der Waals surface area contributed by atoms with Gasteiger partial charge in [0.25, 0.3) is 5.56 Å². The van der Waals surface area contributed by atoms with Crippen molar-refractivity contribution in [3.63, 3.8) is 0 Å². The van der Waals surface area contributed by atoms with E-state index in [-0.39, 0.29) is 0 Å². The Morgan fingerprint density at radius 3 is 2.72 bits per heavy atom. The van der Waals surface area contributed by atoms with Crippen LogP contribution >= 0.6 is 12.2 Å². The van der Waals surface area contributed by atoms with Crippen LogP contribution in [0.1, 0.15) is 11.1 Å². The van der Waals surface area contributed by atoms with Crippen LogP contribution in [0.3, 0.4) is 0 Å². The third-order valence-electron chi connectivity index (χ3n) is 2.91. The molecule has 0 unspecified atom stereocenters. The molecule has 0 spiro atoms. The average molecular weight is 259 g/mol. The molecular weight excluding hydrogens is 250 g/mol. The molecule has 0 radical (unpaired) electrons. The first-order chi connectivity index (χ1) is 8.66. The number of aromatic amines is 2. The second-order valence-electron chi connectivity index (χ2n) is 4.01. The third kappa shape index (κ3) is 1.58. The summed E-state index contributed by atoms with van der Waals surface area (Å²) in [5.41, 5.74) is 1.43. The summed E-state index contributed by atoms with van der Waals surface area (Å²) >= 11 is 5.35. The van der Waals surface area contributed by atoms with Crippen molar-refractivity contribution >= 4 is 22.9 Å². The quantitative estimate of drug-likeness (QED) is 0.742. The Kier molecular flexibility index (Phi) is 2.38. The molecule has 0 atom stereocenters. The van der Waals surface area contributed by atoms with Gasteiger partial charge in [-0.2, -0.15) is 0 Å². The summed E-state index contributed by atoms with van der Waals surface area (Å²) in [7, 11) is 0. The van der Waals surface area contributed by atoms with Gasteiger partial charge in [-0.3, -0.25) is 9.78 Å². The Morgan fingerprint density at radius 2 is 2.00 bits per heavy atom. The smallest absolute Gasteiger partial charge is 0.322 e. The number of nitrogens with one attached hydrogen (secondary N) is 2. The SMILES string of the molecule is O=c1[nH]cc(N2Cc3ccccc3C2=S)c(=O)[nH]1. The maximum Gasteiger partial charge on any atom is 0.325 e. The Hall–Kier alpha value is -2.21. The number of thiocarbonyl (C=S) groups is 1. The first-order valence-electron chi connectivity index (χ1n) is 5.38. The molecule has 0 bridgehead atoms. The molecule has 18 heavy (non-hydrogen) atoms. The highest BCUT2D eigenvalue weighted by Crippen LogP contribution is 2.25. The highest BCUT2D eigenvalue weighted by molar-refractivity contribution is 7.81. The molecule has 5 nitrogen and oxygen atoms in total. The molecule has 90 valence electrons. The van der Waals surface area contributed by atoms with Gasteiger partial charge in [-0.05, 0) is 5.56 Å². The minimum Gasteiger partial charge on any atom is -0.322 e. The number of aromatic nitrogens is 2. The van der Waals surface area contributed by atoms with Crippen molar-refractivity contribution in [2.24, 2.45) is 0 Å². The van der Waals surface area contributed by atoms with Gasteiger partial charge in [-0.15, -0.1) is 0 Å². The number of rotatable bonds is 1. The molecule has 0 fully saturated rings. The van der Waals surface area contributed by atoms with Gasteiger partial charge in [0.15, 0.2) is 0 Å². The van der Waals surface area contributed by atoms with Crippen LogP contribution in [0.25, 0.3) is 0 Å². The van der Waals surface area contributed by atoms with E-state index < -0.39 is 11.2 Å². The van der Waals surface area contributed by atoms with E-state index in [9.17, 15) is 9.59 Å². The largest absolute Gasteiger partial charge is 0.325 e. The summed E-state index contributed by atoms with van der Waals surface area (Å²) in [5, 5.41) is 0. The number of fused-ring (bicyclic) bond motifs is 1. The molecule has 0 saturated carbocycles. The van der Waals surface area contributed by atoms with Crippen molar-refractivity contribution in [3.05, 3.63) is 62.4 Å². The van der Waals surface area contributed by atoms with Crippen molar-refractivity contribution in [1.82, 2.24) is 9.97 Å². The number of hydrogen-bond donors (Lipinski definition) is 2. The standard InChI is InChI=1S/C12H9N3O2S/c16-10-9(5-13-12(17)14-10)15-6-7-3-1-2-4-8(7)11(15)18/h1-5H,6H2,(H2,13,14,16,17). The lowest BCUT2D eigenvalue weighted by molar-refractivity contribution is 0.977. The van der Waals surface area contributed by atoms with Crippen molar-refractivity contribution in [3.8, 4) is 0 Å². The zero-order valence-electron chi connectivity index (χ0n) is 9.27. The zero-order chi connectivity index (χ0) is 12.7. The summed E-state index contributed by atoms with van der Waals surface area (Å²) in [4.78, 5) is 29.7. The van der Waals surface area contributed by atoms with E-state index in [2.05, 4.69) is 9.97 Å². The maximum atomic E-state index is 11.7. The lowest BCUT2D eigenvalue weighted by atomic mass is 10.1. The van der Waals surface area contributed by atoms with E-state index in [1.54, 1.807) is 4.90 Å². The summed E-state index contributed by atoms with van der Waals surface area (Å²) in [6.07, 6.45) is 1.39. The molecule has 6 heteroatoms. The number of nitrogens with zero attached hydrogens (tertiary/aromatic N) is 1. The maximum absolute atomic E-state index is 11.7. The fourth-order valence-corrected chi connectivity index (χ4v) is 2.41. The van der Waals surface area contributed by atoms with Crippen LogP contribution in [-0.2, 0) is 6.54 Å². The fourth-order valence-electron chi connectivity index (χ4n) is 2.05. The Morgan fingerprint density at radius 1 is 1.22 bits per heavy atom. The van der Waals surface area contributed by atoms with Gasteiger partial charge in [0.1, 0.15) is 10.7 Å². The van der Waals surface area contributed by atoms with E-state index >= 15 is 0 Å². The van der Waals surface area contributed by atoms with E-state index in [0.29, 0.717) is 17.2 Å². The van der Waals surface area contributed by atoms with Crippen LogP contribution in [0.5, 0.6) is 0 Å². The molecule has 1 aromatic heterocycles. The normalized spacial score (nSPS) is 13.8. The van der Waals surface area contributed by atoms with Gasteiger partial charge in [0.2, 0.25) is 0 Å². The molecule has 0 aliphatic carbocycles. The summed E-state index contributed by atoms with van der Waals surface area (Å²) in [5.74, 6) is 0. The number of hydrogen-bond acceptors (Lipinski definition) is 3. The monoisotopic (exact) mass is 259 g/mol. The first kappa shape index (κ1) is 10.9. The molecule has 1 aliphatic heterocycles. The van der Waals surface area contributed by atoms with Crippen LogP contribution in [0, 0.1) is 0 Å². The van der Waals surface area contributed by atoms with E-state index in [1.807, 2.05) is 24.3 Å². The molecule has 2 N–H and O–H groups in total. The van der Waals surface area contributed by atoms with E-state index in [0.717, 1.165) is 11.1 Å². The van der Waals surface area contributed by atoms with Gasteiger partial charge in [-0.1, -0.05) is 36.5 Å². The van der Waals surface area contributed by atoms with Crippen LogP contribution < -0.4 is 16.1 Å². The predicted octanol–water partition coefficient (Wildman–Crippen LogP) is 0.759. The Bertz CT molecular complexity index is 747. The predicted molar refractivity (Wildman–Crippen MR) is 72.0 cm³/mol. The summed E-state index contributed by atoms with van der Waals surface area (Å²) in [6.45, 7) is 0.546. The van der Waals surface area contributed by atoms with Crippen LogP contribution in [0.4, 0.5) is 5.69 Å². The van der Waals surface area contributed by atoms with Gasteiger partial charge in [-0.25, -0.2) is 4.79 Å². The number of benzene rings is 1. The summed E-state index contributed by atoms with van der Waals surface area (Å²) in [6, 6.07) is 7.74. The van der Waals surface area contributed by atoms with Crippen molar-refractivity contribution in [1.29, 1.82) is 0 Å². The molecule has 1 aliphatic rings. The van der Waals surface area contributed by atoms with E-state index in [4.69, 9.17) is 12.2 Å². The average Bonchev–Trinajstić information content (AvgIpc) is 2.68. The van der Waals surface area contributed by atoms with E-state index in [1.165, 1.54) is 6.20 Å². The van der Waals surface area contributed by atoms with Crippen molar-refractivity contribution in [2.45, 2.75) is 6.54 Å². The first-order valence-corrected chi connectivity index (χ1v) is 5.79. The lowest BCUT2D eigenvalue weighted by Gasteiger charge is -2.16. The minimum atomic E-state index is -0.522. The Labute approximate surface area is 107 Å². The molecule has 2 heterocycles. The van der Waals surface area contributed by atoms with Crippen LogP contribution in [0.2, 0.25) is 0 Å². The van der Waals surface area contributed by atoms with Crippen molar-refractivity contribution < 1.29 is 0 Å². The van der Waals surface area contributed by atoms with Gasteiger partial charge in [0.05, 0.1) is 0 Å². The zero-order valence-corrected chi connectivity index (χ0v) is 10.1. The second-order valence-corrected chi connectivity index (χ2v) is 4.39. The molecule has 1 aromatic carbocycles. The molecule has 3 rings (SSSR count). The van der Waals surface area contributed by atoms with Gasteiger partial charge < -0.3 is 9.88 Å². The minimum absolute atomic E-state index is 0.357. The van der Waals surface area contributed by atoms with Crippen LogP contribution in [-0.4, -0.2) is 15.0 Å². The highest BCUT2D eigenvalue weighted by Gasteiger charge is 2.26. The summed E-state index contributed by atoms with van der Waals surface area (Å²) < 4.78 is 0. The fraction of sp³-hybridized carbons (Fsp3) is 0.0833. The van der Waals surface area contributed by atoms with Gasteiger partial charge >= 0.3 is 5.69 Å². The molecular formula is C12H9N3O2S. The van der Waals surface area contributed by atoms with Gasteiger partial charge in [0, 0.05) is 18.3 Å². The van der Waals surface area contributed by atoms with Crippen LogP contribution in [0.15, 0.2) is 40.1 Å². The molecule has 2 aromatic rings. The topological polar surface area (TPSA) is 69.0 Å². The number of H-pyrrole nitrogens is 2. The highest BCUT2D eigenvalue weighted by atomic mass is 32.1. The second kappa shape index (κ2) is 3.92. The molecule has 0 saturated heterocycles. The lowest BCUT2D eigenvalue weighted by Crippen LogP contribution is -2.32.